The van der Waals surface area contributed by atoms with E-state index in [0.29, 0.717) is 12.3 Å². The monoisotopic (exact) mass is 181 g/mol. The van der Waals surface area contributed by atoms with E-state index in [1.54, 1.807) is 6.26 Å². The molecule has 0 bridgehead atoms. The van der Waals surface area contributed by atoms with Gasteiger partial charge in [0.1, 0.15) is 0 Å². The standard InChI is InChI=1S/C5H11NO2S2/c1-10(8)4-2-3-6-5(7)9/h2-4H2,1H3,(H2,6,7,9). The second-order valence-corrected chi connectivity index (χ2v) is 3.82. The first-order valence-electron chi connectivity index (χ1n) is 2.89. The molecule has 60 valence electrons. The number of amides is 1. The van der Waals surface area contributed by atoms with Crippen LogP contribution in [-0.4, -0.2) is 28.0 Å². The molecule has 1 amide bonds. The van der Waals surface area contributed by atoms with Crippen molar-refractivity contribution in [1.29, 1.82) is 0 Å². The molecule has 0 aromatic rings. The van der Waals surface area contributed by atoms with Gasteiger partial charge in [-0.05, 0) is 6.42 Å². The van der Waals surface area contributed by atoms with Gasteiger partial charge in [0.05, 0.1) is 0 Å². The molecule has 0 aliphatic heterocycles. The lowest BCUT2D eigenvalue weighted by Crippen LogP contribution is -2.19. The Morgan fingerprint density at radius 1 is 1.70 bits per heavy atom. The maximum absolute atomic E-state index is 10.5. The molecular formula is C5H11NO2S2. The van der Waals surface area contributed by atoms with Gasteiger partial charge in [0.15, 0.2) is 0 Å². The molecule has 1 unspecified atom stereocenters. The van der Waals surface area contributed by atoms with Gasteiger partial charge < -0.3 is 5.32 Å². The predicted molar refractivity (Wildman–Crippen MR) is 45.9 cm³/mol. The van der Waals surface area contributed by atoms with E-state index in [2.05, 4.69) is 17.9 Å². The summed E-state index contributed by atoms with van der Waals surface area (Å²) >= 11 is 3.50. The Kier molecular flexibility index (Phi) is 5.71. The van der Waals surface area contributed by atoms with Gasteiger partial charge in [-0.2, -0.15) is 0 Å². The number of hydrogen-bond donors (Lipinski definition) is 2. The molecule has 3 nitrogen and oxygen atoms in total. The first-order valence-corrected chi connectivity index (χ1v) is 5.07. The fraction of sp³-hybridized carbons (Fsp3) is 0.800. The summed E-state index contributed by atoms with van der Waals surface area (Å²) in [5, 5.41) is 2.16. The van der Waals surface area contributed by atoms with Crippen molar-refractivity contribution in [2.75, 3.05) is 18.6 Å². The lowest BCUT2D eigenvalue weighted by atomic mass is 10.5. The number of carbonyl (C=O) groups excluding carboxylic acids is 1. The van der Waals surface area contributed by atoms with Crippen LogP contribution in [0.5, 0.6) is 0 Å². The molecule has 0 saturated heterocycles. The van der Waals surface area contributed by atoms with E-state index >= 15 is 0 Å². The Bertz CT molecular complexity index is 122. The van der Waals surface area contributed by atoms with Crippen molar-refractivity contribution in [3.05, 3.63) is 0 Å². The zero-order valence-corrected chi connectivity index (χ0v) is 7.50. The lowest BCUT2D eigenvalue weighted by Gasteiger charge is -1.97. The number of carbonyl (C=O) groups is 1. The van der Waals surface area contributed by atoms with Crippen LogP contribution < -0.4 is 5.32 Å². The zero-order chi connectivity index (χ0) is 7.98. The molecule has 0 aliphatic rings. The number of nitrogens with one attached hydrogen (secondary N) is 1. The van der Waals surface area contributed by atoms with Crippen LogP contribution in [0.2, 0.25) is 0 Å². The zero-order valence-electron chi connectivity index (χ0n) is 5.79. The summed E-state index contributed by atoms with van der Waals surface area (Å²) in [5.74, 6) is 0.633. The minimum absolute atomic E-state index is 0.332. The van der Waals surface area contributed by atoms with E-state index in [1.807, 2.05) is 0 Å². The van der Waals surface area contributed by atoms with E-state index in [0.717, 1.165) is 6.42 Å². The maximum Gasteiger partial charge on any atom is 0.275 e. The molecule has 0 aromatic heterocycles. The predicted octanol–water partition coefficient (Wildman–Crippen LogP) is 0.394. The summed E-state index contributed by atoms with van der Waals surface area (Å²) in [5.41, 5.74) is 0. The quantitative estimate of drug-likeness (QED) is 0.487. The van der Waals surface area contributed by atoms with E-state index in [4.69, 9.17) is 0 Å². The summed E-state index contributed by atoms with van der Waals surface area (Å²) in [6.45, 7) is 0.557. The normalized spacial score (nSPS) is 12.6. The van der Waals surface area contributed by atoms with Crippen LogP contribution in [-0.2, 0) is 10.8 Å². The third-order valence-corrected chi connectivity index (χ3v) is 1.91. The van der Waals surface area contributed by atoms with E-state index in [9.17, 15) is 9.00 Å². The summed E-state index contributed by atoms with van der Waals surface area (Å²) in [4.78, 5) is 10.2. The molecule has 5 heteroatoms. The average Bonchev–Trinajstić information content (AvgIpc) is 1.79. The summed E-state index contributed by atoms with van der Waals surface area (Å²) in [6, 6.07) is 0. The Hall–Kier alpha value is -0.0300. The largest absolute Gasteiger partial charge is 0.347 e. The Morgan fingerprint density at radius 3 is 2.70 bits per heavy atom. The minimum Gasteiger partial charge on any atom is -0.347 e. The van der Waals surface area contributed by atoms with Gasteiger partial charge in [-0.1, -0.05) is 12.6 Å². The van der Waals surface area contributed by atoms with Crippen molar-refractivity contribution in [1.82, 2.24) is 5.32 Å². The molecule has 10 heavy (non-hydrogen) atoms. The van der Waals surface area contributed by atoms with Crippen LogP contribution >= 0.6 is 12.6 Å². The van der Waals surface area contributed by atoms with Crippen molar-refractivity contribution < 1.29 is 9.00 Å². The highest BCUT2D eigenvalue weighted by Crippen LogP contribution is 1.82. The Balaban J connectivity index is 3.06. The summed E-state index contributed by atoms with van der Waals surface area (Å²) in [7, 11) is -0.757. The van der Waals surface area contributed by atoms with Crippen LogP contribution in [0.15, 0.2) is 0 Å². The fourth-order valence-electron chi connectivity index (χ4n) is 0.471. The molecule has 0 heterocycles. The van der Waals surface area contributed by atoms with Gasteiger partial charge >= 0.3 is 0 Å². The van der Waals surface area contributed by atoms with Crippen LogP contribution in [0.25, 0.3) is 0 Å². The van der Waals surface area contributed by atoms with Gasteiger partial charge in [0, 0.05) is 29.4 Å². The first-order chi connectivity index (χ1) is 4.63. The number of rotatable bonds is 4. The van der Waals surface area contributed by atoms with Crippen molar-refractivity contribution in [2.24, 2.45) is 0 Å². The van der Waals surface area contributed by atoms with Crippen LogP contribution in [0.1, 0.15) is 6.42 Å². The fourth-order valence-corrected chi connectivity index (χ4v) is 1.13. The molecule has 1 N–H and O–H groups in total. The van der Waals surface area contributed by atoms with Crippen LogP contribution in [0.3, 0.4) is 0 Å². The van der Waals surface area contributed by atoms with Crippen molar-refractivity contribution in [2.45, 2.75) is 6.42 Å². The SMILES string of the molecule is CS(=O)CCCNC(=O)S. The molecule has 0 rings (SSSR count). The smallest absolute Gasteiger partial charge is 0.275 e. The molecule has 0 aromatic carbocycles. The van der Waals surface area contributed by atoms with Crippen molar-refractivity contribution in [3.63, 3.8) is 0 Å². The molecule has 0 aliphatic carbocycles. The second kappa shape index (κ2) is 5.73. The molecule has 1 atom stereocenters. The maximum atomic E-state index is 10.5. The van der Waals surface area contributed by atoms with E-state index in [1.165, 1.54) is 0 Å². The van der Waals surface area contributed by atoms with Crippen LogP contribution in [0.4, 0.5) is 4.79 Å². The number of hydrogen-bond acceptors (Lipinski definition) is 2. The topological polar surface area (TPSA) is 46.2 Å². The molecular weight excluding hydrogens is 170 g/mol. The molecule has 0 spiro atoms. The third-order valence-electron chi connectivity index (χ3n) is 0.885. The van der Waals surface area contributed by atoms with Crippen molar-refractivity contribution >= 4 is 28.7 Å². The highest BCUT2D eigenvalue weighted by Gasteiger charge is 1.92. The highest BCUT2D eigenvalue weighted by molar-refractivity contribution is 7.96. The van der Waals surface area contributed by atoms with E-state index < -0.39 is 10.8 Å². The second-order valence-electron chi connectivity index (χ2n) is 1.86. The molecule has 0 fully saturated rings. The number of thiol groups is 1. The average molecular weight is 181 g/mol. The Labute approximate surface area is 68.4 Å². The summed E-state index contributed by atoms with van der Waals surface area (Å²) < 4.78 is 10.5. The molecule has 0 saturated carbocycles. The first kappa shape index (κ1) is 9.97. The molecule has 0 radical (unpaired) electrons. The van der Waals surface area contributed by atoms with E-state index in [-0.39, 0.29) is 5.24 Å². The van der Waals surface area contributed by atoms with Crippen LogP contribution in [0, 0.1) is 0 Å². The summed E-state index contributed by atoms with van der Waals surface area (Å²) in [6.07, 6.45) is 2.39. The Morgan fingerprint density at radius 2 is 2.30 bits per heavy atom. The van der Waals surface area contributed by atoms with Crippen molar-refractivity contribution in [3.8, 4) is 0 Å². The van der Waals surface area contributed by atoms with Gasteiger partial charge in [0.2, 0.25) is 0 Å². The van der Waals surface area contributed by atoms with Gasteiger partial charge in [-0.15, -0.1) is 0 Å². The lowest BCUT2D eigenvalue weighted by molar-refractivity contribution is 0.261. The van der Waals surface area contributed by atoms with Gasteiger partial charge in [0.25, 0.3) is 5.24 Å². The third kappa shape index (κ3) is 7.97. The highest BCUT2D eigenvalue weighted by atomic mass is 32.2. The van der Waals surface area contributed by atoms with Gasteiger partial charge in [-0.3, -0.25) is 9.00 Å². The minimum atomic E-state index is -0.757. The van der Waals surface area contributed by atoms with Gasteiger partial charge in [-0.25, -0.2) is 0 Å².